The minimum atomic E-state index is -4.13. The van der Waals surface area contributed by atoms with Crippen LogP contribution in [0.1, 0.15) is 5.56 Å². The second kappa shape index (κ2) is 6.94. The van der Waals surface area contributed by atoms with Gasteiger partial charge in [0.1, 0.15) is 0 Å². The molecule has 1 rings (SSSR count). The standard InChI is InChI=1S/C7H8O3S.C3H9P/c8-11(9,10)6-7-4-2-1-3-5-7;1-4(2)3/h1-5H,6H2,(H,8,9,10);1-3H3. The van der Waals surface area contributed by atoms with E-state index in [2.05, 4.69) is 20.0 Å². The predicted molar refractivity (Wildman–Crippen MR) is 65.9 cm³/mol. The molecule has 15 heavy (non-hydrogen) atoms. The first-order valence-electron chi connectivity index (χ1n) is 4.55. The molecule has 86 valence electrons. The lowest BCUT2D eigenvalue weighted by Crippen LogP contribution is -2.01. The van der Waals surface area contributed by atoms with Crippen molar-refractivity contribution in [3.63, 3.8) is 0 Å². The van der Waals surface area contributed by atoms with Gasteiger partial charge in [0.05, 0.1) is 15.9 Å². The molecule has 0 spiro atoms. The molecule has 1 aromatic rings. The minimum Gasteiger partial charge on any atom is -0.748 e. The van der Waals surface area contributed by atoms with E-state index < -0.39 is 15.9 Å². The van der Waals surface area contributed by atoms with Gasteiger partial charge in [0, 0.05) is 20.0 Å². The average Bonchev–Trinajstić information content (AvgIpc) is 2.01. The third kappa shape index (κ3) is 11.5. The average molecular weight is 248 g/mol. The summed E-state index contributed by atoms with van der Waals surface area (Å²) in [4.78, 5) is 0. The van der Waals surface area contributed by atoms with Crippen molar-refractivity contribution in [2.45, 2.75) is 5.75 Å². The molecule has 0 aliphatic carbocycles. The normalized spacial score (nSPS) is 10.7. The highest BCUT2D eigenvalue weighted by molar-refractivity contribution is 7.84. The molecule has 0 aromatic heterocycles. The quantitative estimate of drug-likeness (QED) is 0.592. The lowest BCUT2D eigenvalue weighted by atomic mass is 10.2. The Hall–Kier alpha value is -0.440. The van der Waals surface area contributed by atoms with Gasteiger partial charge in [-0.1, -0.05) is 30.3 Å². The van der Waals surface area contributed by atoms with Gasteiger partial charge >= 0.3 is 0 Å². The van der Waals surface area contributed by atoms with Crippen molar-refractivity contribution in [3.8, 4) is 0 Å². The monoisotopic (exact) mass is 248 g/mol. The lowest BCUT2D eigenvalue weighted by molar-refractivity contribution is 0.462. The van der Waals surface area contributed by atoms with Gasteiger partial charge in [-0.15, -0.1) is 0 Å². The number of hydrogen-bond donors (Lipinski definition) is 0. The van der Waals surface area contributed by atoms with E-state index >= 15 is 0 Å². The van der Waals surface area contributed by atoms with Crippen molar-refractivity contribution in [1.29, 1.82) is 0 Å². The van der Waals surface area contributed by atoms with E-state index in [1.54, 1.807) is 30.3 Å². The van der Waals surface area contributed by atoms with Gasteiger partial charge in [0.25, 0.3) is 0 Å². The Kier molecular flexibility index (Phi) is 6.73. The topological polar surface area (TPSA) is 57.2 Å². The van der Waals surface area contributed by atoms with Gasteiger partial charge in [0.2, 0.25) is 0 Å². The van der Waals surface area contributed by atoms with Gasteiger partial charge in [-0.05, 0) is 13.5 Å². The minimum absolute atomic E-state index is 0.120. The van der Waals surface area contributed by atoms with Crippen LogP contribution in [0.4, 0.5) is 0 Å². The molecule has 0 saturated carbocycles. The summed E-state index contributed by atoms with van der Waals surface area (Å²) in [5.74, 6) is -0.423. The van der Waals surface area contributed by atoms with Gasteiger partial charge in [-0.3, -0.25) is 0 Å². The summed E-state index contributed by atoms with van der Waals surface area (Å²) in [5.41, 5.74) is 0.530. The smallest absolute Gasteiger partial charge is 0.0988 e. The summed E-state index contributed by atoms with van der Waals surface area (Å²) in [6, 6.07) is 8.37. The summed E-state index contributed by atoms with van der Waals surface area (Å²) in [6.45, 7) is 6.81. The van der Waals surface area contributed by atoms with Crippen molar-refractivity contribution in [2.75, 3.05) is 20.0 Å². The van der Waals surface area contributed by atoms with Gasteiger partial charge in [-0.25, -0.2) is 8.42 Å². The van der Waals surface area contributed by atoms with Crippen LogP contribution in [-0.4, -0.2) is 33.0 Å². The van der Waals surface area contributed by atoms with Gasteiger partial charge in [-0.2, -0.15) is 0 Å². The molecule has 3 nitrogen and oxygen atoms in total. The highest BCUT2D eigenvalue weighted by Crippen LogP contribution is 2.14. The fraction of sp³-hybridized carbons (Fsp3) is 0.400. The lowest BCUT2D eigenvalue weighted by Gasteiger charge is -2.05. The van der Waals surface area contributed by atoms with Crippen molar-refractivity contribution in [3.05, 3.63) is 35.9 Å². The van der Waals surface area contributed by atoms with E-state index in [9.17, 15) is 13.0 Å². The summed E-state index contributed by atoms with van der Waals surface area (Å²) < 4.78 is 30.7. The molecule has 0 fully saturated rings. The second-order valence-electron chi connectivity index (χ2n) is 3.69. The van der Waals surface area contributed by atoms with E-state index in [-0.39, 0.29) is 7.92 Å². The van der Waals surface area contributed by atoms with Crippen LogP contribution in [0.5, 0.6) is 0 Å². The molecule has 0 saturated heterocycles. The fourth-order valence-corrected chi connectivity index (χ4v) is 1.38. The maximum Gasteiger partial charge on any atom is 0.0988 e. The third-order valence-electron chi connectivity index (χ3n) is 1.19. The molecule has 0 unspecified atom stereocenters. The summed E-state index contributed by atoms with van der Waals surface area (Å²) in [7, 11) is -4.01. The van der Waals surface area contributed by atoms with Crippen LogP contribution in [-0.2, 0) is 15.9 Å². The van der Waals surface area contributed by atoms with Gasteiger partial charge < -0.3 is 4.55 Å². The van der Waals surface area contributed by atoms with Crippen LogP contribution in [0.3, 0.4) is 0 Å². The van der Waals surface area contributed by atoms with E-state index in [1.165, 1.54) is 0 Å². The predicted octanol–water partition coefficient (Wildman–Crippen LogP) is 1.82. The van der Waals surface area contributed by atoms with Crippen molar-refractivity contribution >= 4 is 18.0 Å². The van der Waals surface area contributed by atoms with Crippen molar-refractivity contribution in [2.24, 2.45) is 0 Å². The molecule has 0 heterocycles. The van der Waals surface area contributed by atoms with E-state index in [0.717, 1.165) is 0 Å². The Morgan fingerprint density at radius 2 is 1.53 bits per heavy atom. The van der Waals surface area contributed by atoms with Crippen LogP contribution in [0.2, 0.25) is 0 Å². The molecule has 0 amide bonds. The molecule has 0 aliphatic rings. The Bertz CT molecular complexity index is 357. The first-order chi connectivity index (χ1) is 6.81. The van der Waals surface area contributed by atoms with E-state index in [4.69, 9.17) is 0 Å². The Balaban J connectivity index is 0.000000423. The zero-order valence-electron chi connectivity index (χ0n) is 9.23. The van der Waals surface area contributed by atoms with E-state index in [0.29, 0.717) is 5.56 Å². The Morgan fingerprint density at radius 1 is 1.13 bits per heavy atom. The van der Waals surface area contributed by atoms with Crippen molar-refractivity contribution in [1.82, 2.24) is 0 Å². The first kappa shape index (κ1) is 14.6. The Labute approximate surface area is 93.0 Å². The zero-order valence-corrected chi connectivity index (χ0v) is 11.0. The van der Waals surface area contributed by atoms with Crippen LogP contribution in [0.25, 0.3) is 0 Å². The number of rotatable bonds is 2. The highest BCUT2D eigenvalue weighted by atomic mass is 32.2. The summed E-state index contributed by atoms with van der Waals surface area (Å²) in [5, 5.41) is 0. The molecule has 0 radical (unpaired) electrons. The van der Waals surface area contributed by atoms with Crippen LogP contribution in [0, 0.1) is 0 Å². The SMILES string of the molecule is C[PH+](C)C.O=S(=O)([O-])Cc1ccccc1. The van der Waals surface area contributed by atoms with Crippen LogP contribution < -0.4 is 0 Å². The Morgan fingerprint density at radius 3 is 1.87 bits per heavy atom. The number of benzene rings is 1. The zero-order chi connectivity index (χ0) is 11.9. The molecule has 0 bridgehead atoms. The van der Waals surface area contributed by atoms with Crippen molar-refractivity contribution < 1.29 is 13.0 Å². The highest BCUT2D eigenvalue weighted by Gasteiger charge is 1.95. The molecule has 1 aromatic carbocycles. The summed E-state index contributed by atoms with van der Waals surface area (Å²) >= 11 is 0. The fourth-order valence-electron chi connectivity index (χ4n) is 0.778. The van der Waals surface area contributed by atoms with Crippen LogP contribution >= 0.6 is 7.92 Å². The van der Waals surface area contributed by atoms with Crippen LogP contribution in [0.15, 0.2) is 30.3 Å². The molecule has 0 aliphatic heterocycles. The largest absolute Gasteiger partial charge is 0.748 e. The van der Waals surface area contributed by atoms with E-state index in [1.807, 2.05) is 0 Å². The molecular formula is C10H17O3PS. The molecule has 5 heteroatoms. The summed E-state index contributed by atoms with van der Waals surface area (Å²) in [6.07, 6.45) is 0. The van der Waals surface area contributed by atoms with Gasteiger partial charge in [0.15, 0.2) is 0 Å². The third-order valence-corrected chi connectivity index (χ3v) is 1.87. The molecule has 0 atom stereocenters. The first-order valence-corrected chi connectivity index (χ1v) is 9.13. The maximum absolute atomic E-state index is 10.2. The molecule has 0 N–H and O–H groups in total. The number of hydrogen-bond acceptors (Lipinski definition) is 3. The second-order valence-corrected chi connectivity index (χ2v) is 8.09. The molecular weight excluding hydrogens is 231 g/mol. The maximum atomic E-state index is 10.2.